The number of aryl methyl sites for hydroxylation is 2. The van der Waals surface area contributed by atoms with Gasteiger partial charge in [-0.2, -0.15) is 0 Å². The van der Waals surface area contributed by atoms with Gasteiger partial charge in [0.05, 0.1) is 6.54 Å². The molecule has 1 aliphatic carbocycles. The molecule has 0 saturated heterocycles. The summed E-state index contributed by atoms with van der Waals surface area (Å²) in [6.07, 6.45) is 6.00. The summed E-state index contributed by atoms with van der Waals surface area (Å²) in [6.45, 7) is 14.5. The molecule has 1 aliphatic rings. The van der Waals surface area contributed by atoms with Crippen molar-refractivity contribution in [1.82, 2.24) is 30.3 Å². The zero-order valence-corrected chi connectivity index (χ0v) is 20.5. The molecule has 3 rings (SSSR count). The summed E-state index contributed by atoms with van der Waals surface area (Å²) >= 11 is 0. The molecule has 0 spiro atoms. The maximum atomic E-state index is 4.95. The Balaban J connectivity index is 1.62. The van der Waals surface area contributed by atoms with Crippen LogP contribution < -0.4 is 10.6 Å². The lowest BCUT2D eigenvalue weighted by Crippen LogP contribution is -2.47. The van der Waals surface area contributed by atoms with Gasteiger partial charge in [0.1, 0.15) is 12.2 Å². The van der Waals surface area contributed by atoms with Gasteiger partial charge in [0.2, 0.25) is 0 Å². The molecule has 7 heteroatoms. The van der Waals surface area contributed by atoms with Crippen LogP contribution in [-0.4, -0.2) is 63.4 Å². The van der Waals surface area contributed by atoms with Crippen LogP contribution in [0.25, 0.3) is 0 Å². The van der Waals surface area contributed by atoms with E-state index in [0.717, 1.165) is 63.6 Å². The molecule has 1 aromatic carbocycles. The summed E-state index contributed by atoms with van der Waals surface area (Å²) in [6, 6.07) is 10.3. The van der Waals surface area contributed by atoms with E-state index < -0.39 is 0 Å². The van der Waals surface area contributed by atoms with E-state index in [1.807, 2.05) is 6.33 Å². The van der Waals surface area contributed by atoms with Crippen LogP contribution in [0.3, 0.4) is 0 Å². The number of aromatic nitrogens is 3. The smallest absolute Gasteiger partial charge is 0.191 e. The Morgan fingerprint density at radius 2 is 1.94 bits per heavy atom. The maximum absolute atomic E-state index is 4.95. The number of benzene rings is 1. The summed E-state index contributed by atoms with van der Waals surface area (Å²) in [4.78, 5) is 7.44. The summed E-state index contributed by atoms with van der Waals surface area (Å²) in [5.74, 6) is 1.93. The summed E-state index contributed by atoms with van der Waals surface area (Å²) in [5.41, 5.74) is 2.94. The lowest BCUT2D eigenvalue weighted by atomic mass is 9.88. The average Bonchev–Trinajstić information content (AvgIpc) is 3.23. The van der Waals surface area contributed by atoms with Crippen LogP contribution in [0.4, 0.5) is 0 Å². The molecule has 0 aliphatic heterocycles. The Bertz CT molecular complexity index is 847. The van der Waals surface area contributed by atoms with Gasteiger partial charge >= 0.3 is 0 Å². The monoisotopic (exact) mass is 439 g/mol. The van der Waals surface area contributed by atoms with Gasteiger partial charge in [0.25, 0.3) is 0 Å². The minimum absolute atomic E-state index is 0.406. The Morgan fingerprint density at radius 3 is 2.66 bits per heavy atom. The molecule has 1 heterocycles. The standard InChI is InChI=1S/C25H41N7/c1-6-24-30-28-18-31(24)15-13-26-25(27-14-16-32(19(2)3)20(4)5)29-23-12-11-21-9-7-8-10-22(21)17-23/h7-10,18-20,23H,6,11-17H2,1-5H3,(H2,26,27,29). The number of aliphatic imine (C=N–C) groups is 1. The molecule has 1 atom stereocenters. The van der Waals surface area contributed by atoms with Crippen LogP contribution in [0.2, 0.25) is 0 Å². The van der Waals surface area contributed by atoms with E-state index in [9.17, 15) is 0 Å². The van der Waals surface area contributed by atoms with E-state index in [1.54, 1.807) is 0 Å². The van der Waals surface area contributed by atoms with Crippen LogP contribution in [-0.2, 0) is 25.8 Å². The minimum atomic E-state index is 0.406. The quantitative estimate of drug-likeness (QED) is 0.440. The molecular formula is C25H41N7. The molecule has 0 fully saturated rings. The molecule has 1 aromatic heterocycles. The van der Waals surface area contributed by atoms with E-state index in [1.165, 1.54) is 11.1 Å². The molecule has 176 valence electrons. The molecule has 0 saturated carbocycles. The van der Waals surface area contributed by atoms with Crippen LogP contribution in [0.1, 0.15) is 58.0 Å². The van der Waals surface area contributed by atoms with Gasteiger partial charge in [-0.25, -0.2) is 0 Å². The van der Waals surface area contributed by atoms with Gasteiger partial charge in [-0.3, -0.25) is 9.89 Å². The molecule has 1 unspecified atom stereocenters. The van der Waals surface area contributed by atoms with Crippen molar-refractivity contribution < 1.29 is 0 Å². The molecule has 2 N–H and O–H groups in total. The van der Waals surface area contributed by atoms with Gasteiger partial charge in [-0.1, -0.05) is 31.2 Å². The highest BCUT2D eigenvalue weighted by atomic mass is 15.3. The van der Waals surface area contributed by atoms with Crippen molar-refractivity contribution in [3.8, 4) is 0 Å². The third-order valence-corrected chi connectivity index (χ3v) is 6.30. The highest BCUT2D eigenvalue weighted by Gasteiger charge is 2.19. The average molecular weight is 440 g/mol. The lowest BCUT2D eigenvalue weighted by molar-refractivity contribution is 0.181. The molecule has 0 amide bonds. The van der Waals surface area contributed by atoms with Crippen molar-refractivity contribution in [2.75, 3.05) is 19.6 Å². The van der Waals surface area contributed by atoms with Gasteiger partial charge in [-0.15, -0.1) is 10.2 Å². The van der Waals surface area contributed by atoms with E-state index in [-0.39, 0.29) is 0 Å². The highest BCUT2D eigenvalue weighted by molar-refractivity contribution is 5.80. The van der Waals surface area contributed by atoms with E-state index in [4.69, 9.17) is 4.99 Å². The first-order chi connectivity index (χ1) is 15.5. The van der Waals surface area contributed by atoms with Crippen molar-refractivity contribution in [3.63, 3.8) is 0 Å². The Kier molecular flexibility index (Phi) is 9.09. The second-order valence-electron chi connectivity index (χ2n) is 9.23. The van der Waals surface area contributed by atoms with E-state index in [2.05, 4.69) is 89.2 Å². The van der Waals surface area contributed by atoms with Crippen LogP contribution in [0.15, 0.2) is 35.6 Å². The van der Waals surface area contributed by atoms with Crippen molar-refractivity contribution in [3.05, 3.63) is 47.5 Å². The lowest BCUT2D eigenvalue weighted by Gasteiger charge is -2.30. The Morgan fingerprint density at radius 1 is 1.19 bits per heavy atom. The summed E-state index contributed by atoms with van der Waals surface area (Å²) in [7, 11) is 0. The van der Waals surface area contributed by atoms with E-state index in [0.29, 0.717) is 18.1 Å². The number of hydrogen-bond donors (Lipinski definition) is 2. The van der Waals surface area contributed by atoms with Gasteiger partial charge in [-0.05, 0) is 58.1 Å². The molecular weight excluding hydrogens is 398 g/mol. The van der Waals surface area contributed by atoms with Crippen molar-refractivity contribution in [2.24, 2.45) is 4.99 Å². The number of guanidine groups is 1. The van der Waals surface area contributed by atoms with Gasteiger partial charge in [0, 0.05) is 44.2 Å². The zero-order valence-electron chi connectivity index (χ0n) is 20.5. The maximum Gasteiger partial charge on any atom is 0.191 e. The first-order valence-electron chi connectivity index (χ1n) is 12.2. The second-order valence-corrected chi connectivity index (χ2v) is 9.23. The number of nitrogens with zero attached hydrogens (tertiary/aromatic N) is 5. The summed E-state index contributed by atoms with van der Waals surface area (Å²) < 4.78 is 2.11. The fourth-order valence-electron chi connectivity index (χ4n) is 4.59. The predicted molar refractivity (Wildman–Crippen MR) is 132 cm³/mol. The topological polar surface area (TPSA) is 70.4 Å². The molecule has 0 radical (unpaired) electrons. The predicted octanol–water partition coefficient (Wildman–Crippen LogP) is 3.05. The number of hydrogen-bond acceptors (Lipinski definition) is 4. The largest absolute Gasteiger partial charge is 0.355 e. The molecule has 32 heavy (non-hydrogen) atoms. The molecule has 7 nitrogen and oxygen atoms in total. The minimum Gasteiger partial charge on any atom is -0.355 e. The van der Waals surface area contributed by atoms with Crippen LogP contribution in [0.5, 0.6) is 0 Å². The third kappa shape index (κ3) is 6.79. The SMILES string of the molecule is CCc1nncn1CCNC(=NCCN(C(C)C)C(C)C)NC1CCc2ccccc2C1. The zero-order chi connectivity index (χ0) is 22.9. The number of rotatable bonds is 10. The fraction of sp³-hybridized carbons (Fsp3) is 0.640. The normalized spacial score (nSPS) is 16.6. The third-order valence-electron chi connectivity index (χ3n) is 6.30. The van der Waals surface area contributed by atoms with Crippen LogP contribution in [0, 0.1) is 0 Å². The Labute approximate surface area is 193 Å². The van der Waals surface area contributed by atoms with E-state index >= 15 is 0 Å². The van der Waals surface area contributed by atoms with Crippen molar-refractivity contribution in [1.29, 1.82) is 0 Å². The van der Waals surface area contributed by atoms with Gasteiger partial charge < -0.3 is 15.2 Å². The number of nitrogens with one attached hydrogen (secondary N) is 2. The molecule has 0 bridgehead atoms. The van der Waals surface area contributed by atoms with Crippen LogP contribution >= 0.6 is 0 Å². The fourth-order valence-corrected chi connectivity index (χ4v) is 4.59. The first-order valence-corrected chi connectivity index (χ1v) is 12.2. The molecule has 2 aromatic rings. The van der Waals surface area contributed by atoms with Gasteiger partial charge in [0.15, 0.2) is 5.96 Å². The highest BCUT2D eigenvalue weighted by Crippen LogP contribution is 2.20. The second kappa shape index (κ2) is 12.0. The summed E-state index contributed by atoms with van der Waals surface area (Å²) in [5, 5.41) is 15.5. The van der Waals surface area contributed by atoms with Crippen molar-refractivity contribution in [2.45, 2.75) is 85.0 Å². The van der Waals surface area contributed by atoms with Crippen molar-refractivity contribution >= 4 is 5.96 Å². The Hall–Kier alpha value is -2.41. The number of fused-ring (bicyclic) bond motifs is 1. The first kappa shape index (κ1) is 24.2.